The molecule has 1 atom stereocenters. The molecule has 4 heterocycles. The first kappa shape index (κ1) is 24.8. The second-order valence-corrected chi connectivity index (χ2v) is 12.1. The number of ether oxygens (including phenoxy) is 1. The molecule has 38 heavy (non-hydrogen) atoms. The molecule has 5 aromatic rings. The van der Waals surface area contributed by atoms with Gasteiger partial charge in [-0.15, -0.1) is 5.10 Å². The quantitative estimate of drug-likeness (QED) is 0.309. The molecule has 0 spiro atoms. The molecular weight excluding hydrogens is 498 g/mol. The zero-order valence-corrected chi connectivity index (χ0v) is 22.6. The molecule has 1 aliphatic heterocycles. The normalized spacial score (nSPS) is 15.9. The van der Waals surface area contributed by atoms with Crippen molar-refractivity contribution in [3.8, 4) is 11.3 Å². The lowest BCUT2D eigenvalue weighted by molar-refractivity contribution is 0.0553. The number of rotatable bonds is 6. The fourth-order valence-corrected chi connectivity index (χ4v) is 6.49. The molecule has 0 amide bonds. The summed E-state index contributed by atoms with van der Waals surface area (Å²) >= 11 is 0. The van der Waals surface area contributed by atoms with Crippen molar-refractivity contribution < 1.29 is 13.2 Å². The Balaban J connectivity index is 1.70. The third-order valence-corrected chi connectivity index (χ3v) is 8.79. The van der Waals surface area contributed by atoms with Gasteiger partial charge in [-0.1, -0.05) is 42.5 Å². The van der Waals surface area contributed by atoms with Crippen molar-refractivity contribution in [1.29, 1.82) is 0 Å². The summed E-state index contributed by atoms with van der Waals surface area (Å²) in [5.41, 5.74) is 6.67. The van der Waals surface area contributed by atoms with Gasteiger partial charge >= 0.3 is 0 Å². The van der Waals surface area contributed by atoms with Gasteiger partial charge in [0, 0.05) is 43.7 Å². The zero-order valence-electron chi connectivity index (χ0n) is 21.8. The molecular formula is C29H31N5O3S. The van der Waals surface area contributed by atoms with Crippen molar-refractivity contribution in [2.24, 2.45) is 13.0 Å². The highest BCUT2D eigenvalue weighted by atomic mass is 32.2. The lowest BCUT2D eigenvalue weighted by Crippen LogP contribution is -2.27. The molecule has 8 nitrogen and oxygen atoms in total. The van der Waals surface area contributed by atoms with E-state index in [0.29, 0.717) is 24.0 Å². The molecule has 0 N–H and O–H groups in total. The number of aromatic nitrogens is 5. The van der Waals surface area contributed by atoms with Crippen LogP contribution in [0.5, 0.6) is 0 Å². The minimum atomic E-state index is -3.40. The van der Waals surface area contributed by atoms with Crippen molar-refractivity contribution in [3.05, 3.63) is 72.1 Å². The number of fused-ring (bicyclic) bond motifs is 3. The third kappa shape index (κ3) is 4.19. The molecule has 6 rings (SSSR count). The summed E-state index contributed by atoms with van der Waals surface area (Å²) in [4.78, 5) is 5.25. The minimum absolute atomic E-state index is 0.0118. The van der Waals surface area contributed by atoms with Crippen molar-refractivity contribution in [3.63, 3.8) is 0 Å². The maximum absolute atomic E-state index is 12.6. The molecule has 0 aliphatic carbocycles. The predicted molar refractivity (Wildman–Crippen MR) is 148 cm³/mol. The van der Waals surface area contributed by atoms with E-state index >= 15 is 0 Å². The molecule has 1 aliphatic rings. The highest BCUT2D eigenvalue weighted by Gasteiger charge is 2.30. The first-order valence-corrected chi connectivity index (χ1v) is 14.9. The number of aryl methyl sites for hydroxylation is 2. The van der Waals surface area contributed by atoms with Crippen LogP contribution in [0.25, 0.3) is 33.2 Å². The monoisotopic (exact) mass is 529 g/mol. The molecule has 1 fully saturated rings. The second-order valence-electron chi connectivity index (χ2n) is 10.1. The standard InChI is InChI=1S/C29H31N5O3S/c1-4-24-29(33(2)32-31-24)21-16-26-27(30-18-21)23-11-10-22(38(3,35)36)17-25(23)34(26)28(19-8-6-5-7-9-19)20-12-14-37-15-13-20/h5-11,16-18,20,28H,4,12-15H2,1-3H3/t28-/m1/s1. The van der Waals surface area contributed by atoms with Crippen molar-refractivity contribution in [2.75, 3.05) is 19.5 Å². The van der Waals surface area contributed by atoms with Gasteiger partial charge in [0.1, 0.15) is 0 Å². The van der Waals surface area contributed by atoms with E-state index in [-0.39, 0.29) is 6.04 Å². The van der Waals surface area contributed by atoms with Gasteiger partial charge in [0.25, 0.3) is 0 Å². The van der Waals surface area contributed by atoms with Crippen molar-refractivity contribution in [1.82, 2.24) is 24.5 Å². The number of hydrogen-bond donors (Lipinski definition) is 0. The Bertz CT molecular complexity index is 1730. The van der Waals surface area contributed by atoms with E-state index in [1.165, 1.54) is 11.8 Å². The van der Waals surface area contributed by atoms with E-state index in [9.17, 15) is 8.42 Å². The lowest BCUT2D eigenvalue weighted by atomic mass is 9.86. The molecule has 3 aromatic heterocycles. The number of nitrogens with zero attached hydrogens (tertiary/aromatic N) is 5. The average Bonchev–Trinajstić information content (AvgIpc) is 3.46. The molecule has 0 saturated carbocycles. The maximum Gasteiger partial charge on any atom is 0.175 e. The fraction of sp³-hybridized carbons (Fsp3) is 0.345. The Kier molecular flexibility index (Phi) is 6.28. The SMILES string of the molecule is CCc1nnn(C)c1-c1cnc2c3ccc(S(C)(=O)=O)cc3n([C@H](c3ccccc3)C3CCOCC3)c2c1. The largest absolute Gasteiger partial charge is 0.381 e. The number of pyridine rings is 1. The van der Waals surface area contributed by atoms with E-state index in [4.69, 9.17) is 9.72 Å². The first-order chi connectivity index (χ1) is 18.4. The van der Waals surface area contributed by atoms with E-state index in [1.807, 2.05) is 31.4 Å². The molecule has 9 heteroatoms. The summed E-state index contributed by atoms with van der Waals surface area (Å²) in [7, 11) is -1.50. The van der Waals surface area contributed by atoms with Gasteiger partial charge in [0.05, 0.1) is 38.9 Å². The van der Waals surface area contributed by atoms with E-state index in [2.05, 4.69) is 52.1 Å². The number of hydrogen-bond acceptors (Lipinski definition) is 6. The van der Waals surface area contributed by atoms with Crippen LogP contribution in [0.1, 0.15) is 37.1 Å². The van der Waals surface area contributed by atoms with Crippen LogP contribution < -0.4 is 0 Å². The molecule has 0 bridgehead atoms. The van der Waals surface area contributed by atoms with Crippen LogP contribution in [0.15, 0.2) is 65.7 Å². The van der Waals surface area contributed by atoms with Crippen LogP contribution in [0.2, 0.25) is 0 Å². The van der Waals surface area contributed by atoms with Gasteiger partial charge in [-0.3, -0.25) is 4.98 Å². The van der Waals surface area contributed by atoms with E-state index < -0.39 is 9.84 Å². The molecule has 0 unspecified atom stereocenters. The summed E-state index contributed by atoms with van der Waals surface area (Å²) < 4.78 is 35.1. The zero-order chi connectivity index (χ0) is 26.4. The Morgan fingerprint density at radius 3 is 2.53 bits per heavy atom. The summed E-state index contributed by atoms with van der Waals surface area (Å²) in [6.45, 7) is 3.49. The van der Waals surface area contributed by atoms with Crippen LogP contribution >= 0.6 is 0 Å². The van der Waals surface area contributed by atoms with Crippen LogP contribution in [0, 0.1) is 5.92 Å². The van der Waals surface area contributed by atoms with Gasteiger partial charge < -0.3 is 9.30 Å². The van der Waals surface area contributed by atoms with Gasteiger partial charge in [0.15, 0.2) is 9.84 Å². The van der Waals surface area contributed by atoms with E-state index in [0.717, 1.165) is 58.2 Å². The molecule has 2 aromatic carbocycles. The average molecular weight is 530 g/mol. The Labute approximate surface area is 222 Å². The summed E-state index contributed by atoms with van der Waals surface area (Å²) in [5.74, 6) is 0.320. The van der Waals surface area contributed by atoms with Crippen LogP contribution in [-0.4, -0.2) is 52.4 Å². The predicted octanol–water partition coefficient (Wildman–Crippen LogP) is 4.97. The van der Waals surface area contributed by atoms with Crippen molar-refractivity contribution in [2.45, 2.75) is 37.1 Å². The van der Waals surface area contributed by atoms with Gasteiger partial charge in [-0.05, 0) is 55.0 Å². The smallest absolute Gasteiger partial charge is 0.175 e. The Hall–Kier alpha value is -3.56. The molecule has 0 radical (unpaired) electrons. The topological polar surface area (TPSA) is 91.9 Å². The maximum atomic E-state index is 12.6. The highest BCUT2D eigenvalue weighted by Crippen LogP contribution is 2.41. The van der Waals surface area contributed by atoms with Crippen LogP contribution in [0.3, 0.4) is 0 Å². The van der Waals surface area contributed by atoms with Gasteiger partial charge in [-0.2, -0.15) is 0 Å². The van der Waals surface area contributed by atoms with Crippen LogP contribution in [0.4, 0.5) is 0 Å². The van der Waals surface area contributed by atoms with Gasteiger partial charge in [0.2, 0.25) is 0 Å². The molecule has 1 saturated heterocycles. The number of sulfone groups is 1. The summed E-state index contributed by atoms with van der Waals surface area (Å²) in [6, 6.07) is 18.0. The summed E-state index contributed by atoms with van der Waals surface area (Å²) in [6.07, 6.45) is 5.74. The first-order valence-electron chi connectivity index (χ1n) is 13.0. The summed E-state index contributed by atoms with van der Waals surface area (Å²) in [5, 5.41) is 9.54. The highest BCUT2D eigenvalue weighted by molar-refractivity contribution is 7.90. The Morgan fingerprint density at radius 1 is 1.05 bits per heavy atom. The second kappa shape index (κ2) is 9.63. The third-order valence-electron chi connectivity index (χ3n) is 7.68. The minimum Gasteiger partial charge on any atom is -0.381 e. The van der Waals surface area contributed by atoms with Crippen molar-refractivity contribution >= 4 is 31.8 Å². The molecule has 196 valence electrons. The lowest BCUT2D eigenvalue weighted by Gasteiger charge is -2.33. The fourth-order valence-electron chi connectivity index (χ4n) is 5.85. The van der Waals surface area contributed by atoms with Gasteiger partial charge in [-0.25, -0.2) is 13.1 Å². The van der Waals surface area contributed by atoms with E-state index in [1.54, 1.807) is 10.7 Å². The number of benzene rings is 2. The Morgan fingerprint density at radius 2 is 1.82 bits per heavy atom. The van der Waals surface area contributed by atoms with Crippen LogP contribution in [-0.2, 0) is 28.0 Å².